The van der Waals surface area contributed by atoms with Crippen molar-refractivity contribution in [1.29, 1.82) is 0 Å². The predicted octanol–water partition coefficient (Wildman–Crippen LogP) is 2.76. The molecule has 2 heterocycles. The molecule has 0 unspecified atom stereocenters. The van der Waals surface area contributed by atoms with Gasteiger partial charge in [0.05, 0.1) is 12.1 Å². The summed E-state index contributed by atoms with van der Waals surface area (Å²) in [6, 6.07) is 12.6. The van der Waals surface area contributed by atoms with Crippen LogP contribution in [-0.4, -0.2) is 23.6 Å². The molecule has 1 aromatic heterocycles. The number of carbonyl (C=O) groups is 2. The highest BCUT2D eigenvalue weighted by atomic mass is 32.1. The summed E-state index contributed by atoms with van der Waals surface area (Å²) in [5.41, 5.74) is 6.90. The number of nitrogens with one attached hydrogen (secondary N) is 2. The van der Waals surface area contributed by atoms with Crippen LogP contribution in [0.15, 0.2) is 47.8 Å². The number of amides is 2. The molecule has 0 saturated carbocycles. The molecule has 8 nitrogen and oxygen atoms in total. The first-order valence-corrected chi connectivity index (χ1v) is 10.1. The number of fused-ring (bicyclic) bond motifs is 1. The first kappa shape index (κ1) is 19.7. The second-order valence-corrected chi connectivity index (χ2v) is 7.52. The summed E-state index contributed by atoms with van der Waals surface area (Å²) in [5.74, 6) is 1.02. The van der Waals surface area contributed by atoms with Crippen molar-refractivity contribution in [2.75, 3.05) is 6.79 Å². The fourth-order valence-corrected chi connectivity index (χ4v) is 3.43. The van der Waals surface area contributed by atoms with Gasteiger partial charge in [0.25, 0.3) is 5.91 Å². The van der Waals surface area contributed by atoms with E-state index in [0.29, 0.717) is 29.4 Å². The number of aromatic nitrogens is 1. The Bertz CT molecular complexity index is 1060. The van der Waals surface area contributed by atoms with Gasteiger partial charge in [0.15, 0.2) is 11.5 Å². The molecule has 1 aliphatic heterocycles. The van der Waals surface area contributed by atoms with E-state index in [1.54, 1.807) is 23.6 Å². The number of aryl methyl sites for hydroxylation is 1. The van der Waals surface area contributed by atoms with E-state index in [4.69, 9.17) is 14.2 Å². The third-order valence-corrected chi connectivity index (χ3v) is 5.15. The summed E-state index contributed by atoms with van der Waals surface area (Å²) >= 11 is 1.42. The molecule has 0 saturated heterocycles. The van der Waals surface area contributed by atoms with E-state index < -0.39 is 5.91 Å². The van der Waals surface area contributed by atoms with E-state index in [1.807, 2.05) is 31.2 Å². The van der Waals surface area contributed by atoms with Crippen molar-refractivity contribution >= 4 is 23.2 Å². The molecule has 2 N–H and O–H groups in total. The highest BCUT2D eigenvalue weighted by molar-refractivity contribution is 7.09. The molecule has 0 radical (unpaired) electrons. The van der Waals surface area contributed by atoms with Crippen LogP contribution in [0.4, 0.5) is 0 Å². The van der Waals surface area contributed by atoms with Gasteiger partial charge in [0.1, 0.15) is 17.4 Å². The van der Waals surface area contributed by atoms with E-state index in [0.717, 1.165) is 16.3 Å². The SMILES string of the molecule is Cc1ccc(OCc2nc(CC(=O)NNC(=O)c3ccc4c(c3)OCO4)cs2)cc1. The molecule has 2 aromatic carbocycles. The third kappa shape index (κ3) is 4.87. The Kier molecular flexibility index (Phi) is 5.80. The highest BCUT2D eigenvalue weighted by Gasteiger charge is 2.17. The molecule has 2 amide bonds. The monoisotopic (exact) mass is 425 g/mol. The second kappa shape index (κ2) is 8.83. The number of nitrogens with zero attached hydrogens (tertiary/aromatic N) is 1. The van der Waals surface area contributed by atoms with Gasteiger partial charge in [-0.25, -0.2) is 4.98 Å². The van der Waals surface area contributed by atoms with Crippen LogP contribution in [0, 0.1) is 6.92 Å². The lowest BCUT2D eigenvalue weighted by Crippen LogP contribution is -2.42. The van der Waals surface area contributed by atoms with Crippen molar-refractivity contribution in [1.82, 2.24) is 15.8 Å². The molecule has 3 aromatic rings. The van der Waals surface area contributed by atoms with E-state index >= 15 is 0 Å². The molecule has 0 bridgehead atoms. The number of hydrogen-bond donors (Lipinski definition) is 2. The summed E-state index contributed by atoms with van der Waals surface area (Å²) in [6.45, 7) is 2.47. The third-order valence-electron chi connectivity index (χ3n) is 4.27. The molecule has 154 valence electrons. The molecule has 1 aliphatic rings. The van der Waals surface area contributed by atoms with Crippen molar-refractivity contribution < 1.29 is 23.8 Å². The molecule has 0 spiro atoms. The zero-order chi connectivity index (χ0) is 20.9. The number of carbonyl (C=O) groups excluding carboxylic acids is 2. The van der Waals surface area contributed by atoms with Crippen LogP contribution in [0.5, 0.6) is 17.2 Å². The van der Waals surface area contributed by atoms with Crippen molar-refractivity contribution in [3.05, 3.63) is 69.7 Å². The van der Waals surface area contributed by atoms with Crippen LogP contribution in [0.2, 0.25) is 0 Å². The minimum atomic E-state index is -0.452. The van der Waals surface area contributed by atoms with Gasteiger partial charge >= 0.3 is 0 Å². The van der Waals surface area contributed by atoms with E-state index in [-0.39, 0.29) is 19.1 Å². The topological polar surface area (TPSA) is 98.8 Å². The van der Waals surface area contributed by atoms with Crippen LogP contribution < -0.4 is 25.1 Å². The molecule has 0 atom stereocenters. The van der Waals surface area contributed by atoms with E-state index in [2.05, 4.69) is 15.8 Å². The average Bonchev–Trinajstić information content (AvgIpc) is 3.40. The molecule has 0 aliphatic carbocycles. The Balaban J connectivity index is 1.24. The van der Waals surface area contributed by atoms with E-state index in [1.165, 1.54) is 11.3 Å². The zero-order valence-corrected chi connectivity index (χ0v) is 17.0. The van der Waals surface area contributed by atoms with Crippen molar-refractivity contribution in [3.8, 4) is 17.2 Å². The van der Waals surface area contributed by atoms with Crippen LogP contribution in [0.1, 0.15) is 26.6 Å². The van der Waals surface area contributed by atoms with Crippen LogP contribution in [-0.2, 0) is 17.8 Å². The average molecular weight is 425 g/mol. The van der Waals surface area contributed by atoms with Gasteiger partial charge in [-0.1, -0.05) is 17.7 Å². The Hall–Kier alpha value is -3.59. The Labute approximate surface area is 176 Å². The lowest BCUT2D eigenvalue weighted by atomic mass is 10.2. The Morgan fingerprint density at radius 2 is 1.90 bits per heavy atom. The van der Waals surface area contributed by atoms with Gasteiger partial charge in [-0.3, -0.25) is 20.4 Å². The maximum atomic E-state index is 12.2. The molecular weight excluding hydrogens is 406 g/mol. The summed E-state index contributed by atoms with van der Waals surface area (Å²) in [7, 11) is 0. The first-order valence-electron chi connectivity index (χ1n) is 9.18. The van der Waals surface area contributed by atoms with Crippen LogP contribution >= 0.6 is 11.3 Å². The summed E-state index contributed by atoms with van der Waals surface area (Å²) in [6.07, 6.45) is 0.0441. The number of hydrazine groups is 1. The van der Waals surface area contributed by atoms with Crippen molar-refractivity contribution in [2.45, 2.75) is 20.0 Å². The van der Waals surface area contributed by atoms with Crippen LogP contribution in [0.25, 0.3) is 0 Å². The number of rotatable bonds is 6. The molecule has 9 heteroatoms. The first-order chi connectivity index (χ1) is 14.6. The standard InChI is InChI=1S/C21H19N3O5S/c1-13-2-5-16(6-3-13)27-10-20-22-15(11-30-20)9-19(25)23-24-21(26)14-4-7-17-18(8-14)29-12-28-17/h2-8,11H,9-10,12H2,1H3,(H,23,25)(H,24,26). The summed E-state index contributed by atoms with van der Waals surface area (Å²) < 4.78 is 16.1. The van der Waals surface area contributed by atoms with Crippen LogP contribution in [0.3, 0.4) is 0 Å². The fraction of sp³-hybridized carbons (Fsp3) is 0.190. The Morgan fingerprint density at radius 3 is 2.73 bits per heavy atom. The maximum Gasteiger partial charge on any atom is 0.269 e. The predicted molar refractivity (Wildman–Crippen MR) is 110 cm³/mol. The van der Waals surface area contributed by atoms with Gasteiger partial charge in [0.2, 0.25) is 12.7 Å². The summed E-state index contributed by atoms with van der Waals surface area (Å²) in [5, 5.41) is 2.57. The maximum absolute atomic E-state index is 12.2. The molecule has 30 heavy (non-hydrogen) atoms. The lowest BCUT2D eigenvalue weighted by Gasteiger charge is -2.07. The quantitative estimate of drug-likeness (QED) is 0.590. The smallest absolute Gasteiger partial charge is 0.269 e. The number of benzene rings is 2. The summed E-state index contributed by atoms with van der Waals surface area (Å²) in [4.78, 5) is 28.7. The zero-order valence-electron chi connectivity index (χ0n) is 16.1. The molecule has 4 rings (SSSR count). The van der Waals surface area contributed by atoms with Gasteiger partial charge in [-0.15, -0.1) is 11.3 Å². The van der Waals surface area contributed by atoms with E-state index in [9.17, 15) is 9.59 Å². The van der Waals surface area contributed by atoms with Crippen molar-refractivity contribution in [3.63, 3.8) is 0 Å². The Morgan fingerprint density at radius 1 is 1.10 bits per heavy atom. The van der Waals surface area contributed by atoms with Gasteiger partial charge in [-0.05, 0) is 37.3 Å². The minimum Gasteiger partial charge on any atom is -0.486 e. The van der Waals surface area contributed by atoms with Gasteiger partial charge in [0, 0.05) is 10.9 Å². The number of thiazole rings is 1. The normalized spacial score (nSPS) is 11.8. The lowest BCUT2D eigenvalue weighted by molar-refractivity contribution is -0.121. The highest BCUT2D eigenvalue weighted by Crippen LogP contribution is 2.32. The largest absolute Gasteiger partial charge is 0.486 e. The number of ether oxygens (including phenoxy) is 3. The second-order valence-electron chi connectivity index (χ2n) is 6.58. The number of hydrogen-bond acceptors (Lipinski definition) is 7. The van der Waals surface area contributed by atoms with Crippen molar-refractivity contribution in [2.24, 2.45) is 0 Å². The minimum absolute atomic E-state index is 0.0441. The van der Waals surface area contributed by atoms with Gasteiger partial charge in [-0.2, -0.15) is 0 Å². The molecule has 0 fully saturated rings. The molecular formula is C21H19N3O5S. The fourth-order valence-electron chi connectivity index (χ4n) is 2.72. The van der Waals surface area contributed by atoms with Gasteiger partial charge < -0.3 is 14.2 Å².